The summed E-state index contributed by atoms with van der Waals surface area (Å²) >= 11 is 0. The molecule has 0 unspecified atom stereocenters. The van der Waals surface area contributed by atoms with Crippen LogP contribution in [0.4, 0.5) is 31.1 Å². The van der Waals surface area contributed by atoms with Gasteiger partial charge in [0.05, 0.1) is 0 Å². The van der Waals surface area contributed by atoms with Gasteiger partial charge >= 0.3 is 18.4 Å². The number of urea groups is 1. The molecule has 0 rings (SSSR count). The predicted molar refractivity (Wildman–Crippen MR) is 47.3 cm³/mol. The molecule has 0 aromatic heterocycles. The average molecular weight is 266 g/mol. The fourth-order valence-electron chi connectivity index (χ4n) is 0.812. The molecule has 0 aromatic carbocycles. The number of halogens is 6. The van der Waals surface area contributed by atoms with Gasteiger partial charge in [0.15, 0.2) is 0 Å². The fourth-order valence-corrected chi connectivity index (χ4v) is 0.812. The van der Waals surface area contributed by atoms with Crippen molar-refractivity contribution < 1.29 is 31.1 Å². The quantitative estimate of drug-likeness (QED) is 0.757. The molecule has 3 nitrogen and oxygen atoms in total. The predicted octanol–water partition coefficient (Wildman–Crippen LogP) is 2.58. The van der Waals surface area contributed by atoms with Gasteiger partial charge in [-0.3, -0.25) is 0 Å². The van der Waals surface area contributed by atoms with Crippen molar-refractivity contribution in [3.63, 3.8) is 0 Å². The first-order valence-corrected chi connectivity index (χ1v) is 4.65. The number of hydrogen-bond donors (Lipinski definition) is 2. The van der Waals surface area contributed by atoms with E-state index in [1.807, 2.05) is 5.32 Å². The second-order valence-corrected chi connectivity index (χ2v) is 3.50. The lowest BCUT2D eigenvalue weighted by Gasteiger charge is -2.34. The molecule has 0 radical (unpaired) electrons. The minimum absolute atomic E-state index is 0.0162. The van der Waals surface area contributed by atoms with Gasteiger partial charge in [0, 0.05) is 6.54 Å². The van der Waals surface area contributed by atoms with Crippen LogP contribution in [0, 0.1) is 0 Å². The maximum absolute atomic E-state index is 12.3. The highest BCUT2D eigenvalue weighted by Gasteiger charge is 2.68. The van der Waals surface area contributed by atoms with Crippen LogP contribution in [-0.4, -0.2) is 30.5 Å². The Morgan fingerprint density at radius 3 is 1.76 bits per heavy atom. The molecule has 0 saturated heterocycles. The Kier molecular flexibility index (Phi) is 4.67. The Bertz CT molecular complexity index is 258. The van der Waals surface area contributed by atoms with Crippen LogP contribution in [0.1, 0.15) is 20.3 Å². The van der Waals surface area contributed by atoms with E-state index in [0.29, 0.717) is 6.42 Å². The molecule has 0 bridgehead atoms. The lowest BCUT2D eigenvalue weighted by Crippen LogP contribution is -2.66. The Balaban J connectivity index is 4.93. The molecule has 9 heteroatoms. The van der Waals surface area contributed by atoms with Crippen LogP contribution in [0.25, 0.3) is 0 Å². The van der Waals surface area contributed by atoms with Crippen LogP contribution < -0.4 is 10.6 Å². The van der Waals surface area contributed by atoms with E-state index in [1.54, 1.807) is 6.92 Å². The monoisotopic (exact) mass is 266 g/mol. The van der Waals surface area contributed by atoms with Crippen molar-refractivity contribution in [2.24, 2.45) is 0 Å². The molecule has 0 aliphatic carbocycles. The van der Waals surface area contributed by atoms with Crippen LogP contribution in [0.15, 0.2) is 0 Å². The van der Waals surface area contributed by atoms with Crippen molar-refractivity contribution in [2.75, 3.05) is 6.54 Å². The summed E-state index contributed by atoms with van der Waals surface area (Å²) in [6.45, 7) is 1.46. The standard InChI is InChI=1S/C8H12F6N2O/c1-3-4-15-5(17)16-6(2,7(9,10)11)8(12,13)14/h3-4H2,1-2H3,(H2,15,16,17). The molecule has 0 spiro atoms. The van der Waals surface area contributed by atoms with Crippen molar-refractivity contribution in [3.05, 3.63) is 0 Å². The lowest BCUT2D eigenvalue weighted by atomic mass is 10.0. The summed E-state index contributed by atoms with van der Waals surface area (Å²) in [6, 6.07) is -1.51. The summed E-state index contributed by atoms with van der Waals surface area (Å²) < 4.78 is 73.9. The number of hydrogen-bond acceptors (Lipinski definition) is 1. The van der Waals surface area contributed by atoms with E-state index in [0.717, 1.165) is 5.32 Å². The highest BCUT2D eigenvalue weighted by molar-refractivity contribution is 5.75. The number of alkyl halides is 6. The van der Waals surface area contributed by atoms with Gasteiger partial charge in [0.1, 0.15) is 0 Å². The van der Waals surface area contributed by atoms with Crippen LogP contribution in [0.3, 0.4) is 0 Å². The normalized spacial score (nSPS) is 13.4. The van der Waals surface area contributed by atoms with E-state index < -0.39 is 23.9 Å². The SMILES string of the molecule is CCCNC(=O)NC(C)(C(F)(F)F)C(F)(F)F. The van der Waals surface area contributed by atoms with Gasteiger partial charge in [-0.15, -0.1) is 0 Å². The molecule has 0 aliphatic rings. The minimum atomic E-state index is -5.63. The first-order chi connectivity index (χ1) is 7.45. The van der Waals surface area contributed by atoms with E-state index >= 15 is 0 Å². The maximum Gasteiger partial charge on any atom is 0.420 e. The second kappa shape index (κ2) is 5.01. The van der Waals surface area contributed by atoms with Gasteiger partial charge < -0.3 is 10.6 Å². The molecular formula is C8H12F6N2O. The molecule has 2 N–H and O–H groups in total. The van der Waals surface area contributed by atoms with Crippen molar-refractivity contribution in [2.45, 2.75) is 38.2 Å². The minimum Gasteiger partial charge on any atom is -0.338 e. The van der Waals surface area contributed by atoms with E-state index in [9.17, 15) is 31.1 Å². The highest BCUT2D eigenvalue weighted by atomic mass is 19.4. The van der Waals surface area contributed by atoms with Crippen LogP contribution in [0.2, 0.25) is 0 Å². The molecular weight excluding hydrogens is 254 g/mol. The van der Waals surface area contributed by atoms with E-state index in [-0.39, 0.29) is 13.5 Å². The molecule has 0 atom stereocenters. The molecule has 2 amide bonds. The zero-order valence-corrected chi connectivity index (χ0v) is 9.09. The molecule has 17 heavy (non-hydrogen) atoms. The van der Waals surface area contributed by atoms with Gasteiger partial charge in [0.2, 0.25) is 5.54 Å². The third kappa shape index (κ3) is 3.67. The van der Waals surface area contributed by atoms with Gasteiger partial charge in [0.25, 0.3) is 0 Å². The second-order valence-electron chi connectivity index (χ2n) is 3.50. The number of amides is 2. The number of nitrogens with one attached hydrogen (secondary N) is 2. The number of carbonyl (C=O) groups excluding carboxylic acids is 1. The molecule has 0 heterocycles. The van der Waals surface area contributed by atoms with Crippen molar-refractivity contribution in [1.29, 1.82) is 0 Å². The zero-order valence-electron chi connectivity index (χ0n) is 9.09. The summed E-state index contributed by atoms with van der Waals surface area (Å²) in [5.41, 5.74) is -4.27. The summed E-state index contributed by atoms with van der Waals surface area (Å²) in [7, 11) is 0. The van der Waals surface area contributed by atoms with Crippen molar-refractivity contribution >= 4 is 6.03 Å². The summed E-state index contributed by atoms with van der Waals surface area (Å²) in [6.07, 6.45) is -10.9. The number of rotatable bonds is 3. The van der Waals surface area contributed by atoms with Crippen LogP contribution >= 0.6 is 0 Å². The van der Waals surface area contributed by atoms with Gasteiger partial charge in [-0.05, 0) is 13.3 Å². The summed E-state index contributed by atoms with van der Waals surface area (Å²) in [5, 5.41) is 2.79. The lowest BCUT2D eigenvalue weighted by molar-refractivity contribution is -0.297. The first-order valence-electron chi connectivity index (χ1n) is 4.65. The van der Waals surface area contributed by atoms with E-state index in [1.165, 1.54) is 0 Å². The Morgan fingerprint density at radius 1 is 1.06 bits per heavy atom. The zero-order chi connectivity index (χ0) is 13.9. The largest absolute Gasteiger partial charge is 0.420 e. The van der Waals surface area contributed by atoms with Gasteiger partial charge in [-0.25, -0.2) is 4.79 Å². The molecule has 102 valence electrons. The van der Waals surface area contributed by atoms with E-state index in [4.69, 9.17) is 0 Å². The Hall–Kier alpha value is -1.15. The Labute approximate surface area is 93.5 Å². The molecule has 0 aromatic rings. The maximum atomic E-state index is 12.3. The van der Waals surface area contributed by atoms with E-state index in [2.05, 4.69) is 0 Å². The third-order valence-electron chi connectivity index (χ3n) is 2.03. The summed E-state index contributed by atoms with van der Waals surface area (Å²) in [4.78, 5) is 10.9. The smallest absolute Gasteiger partial charge is 0.338 e. The summed E-state index contributed by atoms with van der Waals surface area (Å²) in [5.74, 6) is 0. The van der Waals surface area contributed by atoms with Gasteiger partial charge in [-0.1, -0.05) is 6.92 Å². The fraction of sp³-hybridized carbons (Fsp3) is 0.875. The van der Waals surface area contributed by atoms with Gasteiger partial charge in [-0.2, -0.15) is 26.3 Å². The molecule has 0 aliphatic heterocycles. The first kappa shape index (κ1) is 15.9. The van der Waals surface area contributed by atoms with Crippen LogP contribution in [0.5, 0.6) is 0 Å². The van der Waals surface area contributed by atoms with Crippen LogP contribution in [-0.2, 0) is 0 Å². The van der Waals surface area contributed by atoms with Crippen molar-refractivity contribution in [1.82, 2.24) is 10.6 Å². The average Bonchev–Trinajstić information content (AvgIpc) is 2.10. The molecule has 0 fully saturated rings. The number of carbonyl (C=O) groups is 1. The van der Waals surface area contributed by atoms with Crippen molar-refractivity contribution in [3.8, 4) is 0 Å². The topological polar surface area (TPSA) is 41.1 Å². The molecule has 0 saturated carbocycles. The third-order valence-corrected chi connectivity index (χ3v) is 2.03. The highest BCUT2D eigenvalue weighted by Crippen LogP contribution is 2.42. The Morgan fingerprint density at radius 2 is 1.47 bits per heavy atom.